The predicted molar refractivity (Wildman–Crippen MR) is 50.4 cm³/mol. The van der Waals surface area contributed by atoms with E-state index in [2.05, 4.69) is 17.1 Å². The van der Waals surface area contributed by atoms with Crippen LogP contribution < -0.4 is 5.32 Å². The van der Waals surface area contributed by atoms with Crippen LogP contribution in [0, 0.1) is 0 Å². The summed E-state index contributed by atoms with van der Waals surface area (Å²) in [4.78, 5) is 2.50. The van der Waals surface area contributed by atoms with Gasteiger partial charge in [0, 0.05) is 19.1 Å². The number of nitrogens with zero attached hydrogens (tertiary/aromatic N) is 1. The molecule has 0 aromatic carbocycles. The van der Waals surface area contributed by atoms with E-state index < -0.39 is 0 Å². The molecule has 3 heteroatoms. The molecular weight excluding hydrogens is 152 g/mol. The van der Waals surface area contributed by atoms with Crippen molar-refractivity contribution in [2.45, 2.75) is 19.4 Å². The van der Waals surface area contributed by atoms with Gasteiger partial charge in [-0.15, -0.1) is 0 Å². The zero-order valence-electron chi connectivity index (χ0n) is 8.18. The molecule has 1 rings (SSSR count). The van der Waals surface area contributed by atoms with Crippen LogP contribution in [-0.2, 0) is 4.74 Å². The Labute approximate surface area is 75.1 Å². The highest BCUT2D eigenvalue weighted by molar-refractivity contribution is 4.70. The minimum atomic E-state index is 0.696. The first-order valence-electron chi connectivity index (χ1n) is 4.81. The largest absolute Gasteiger partial charge is 0.379 e. The lowest BCUT2D eigenvalue weighted by atomic mass is 10.2. The number of rotatable bonds is 4. The maximum absolute atomic E-state index is 5.30. The fourth-order valence-electron chi connectivity index (χ4n) is 1.55. The Kier molecular flexibility index (Phi) is 4.58. The van der Waals surface area contributed by atoms with Crippen molar-refractivity contribution in [2.24, 2.45) is 0 Å². The first-order valence-corrected chi connectivity index (χ1v) is 4.81. The molecule has 0 spiro atoms. The van der Waals surface area contributed by atoms with Crippen molar-refractivity contribution < 1.29 is 4.74 Å². The average Bonchev–Trinajstić information content (AvgIpc) is 2.15. The van der Waals surface area contributed by atoms with E-state index in [4.69, 9.17) is 4.74 Å². The van der Waals surface area contributed by atoms with E-state index in [1.54, 1.807) is 0 Å². The van der Waals surface area contributed by atoms with Crippen LogP contribution in [0.4, 0.5) is 0 Å². The Morgan fingerprint density at radius 1 is 1.42 bits per heavy atom. The van der Waals surface area contributed by atoms with Gasteiger partial charge < -0.3 is 10.1 Å². The summed E-state index contributed by atoms with van der Waals surface area (Å²) in [6.07, 6.45) is 1.23. The van der Waals surface area contributed by atoms with Crippen molar-refractivity contribution in [3.63, 3.8) is 0 Å². The van der Waals surface area contributed by atoms with Crippen LogP contribution in [0.15, 0.2) is 0 Å². The second kappa shape index (κ2) is 5.51. The Balaban J connectivity index is 2.15. The van der Waals surface area contributed by atoms with Gasteiger partial charge in [-0.05, 0) is 26.9 Å². The van der Waals surface area contributed by atoms with E-state index in [1.165, 1.54) is 6.42 Å². The molecule has 0 saturated carbocycles. The van der Waals surface area contributed by atoms with E-state index >= 15 is 0 Å². The summed E-state index contributed by atoms with van der Waals surface area (Å²) in [6, 6.07) is 0.696. The van der Waals surface area contributed by atoms with Crippen molar-refractivity contribution in [1.82, 2.24) is 10.2 Å². The molecule has 0 radical (unpaired) electrons. The maximum Gasteiger partial charge on any atom is 0.0594 e. The SMILES string of the molecule is CNCCC(C)N1CCOCC1. The highest BCUT2D eigenvalue weighted by Gasteiger charge is 2.15. The fourth-order valence-corrected chi connectivity index (χ4v) is 1.55. The molecule has 1 aliphatic rings. The molecule has 3 nitrogen and oxygen atoms in total. The monoisotopic (exact) mass is 172 g/mol. The van der Waals surface area contributed by atoms with E-state index in [0.29, 0.717) is 6.04 Å². The van der Waals surface area contributed by atoms with Gasteiger partial charge >= 0.3 is 0 Å². The third kappa shape index (κ3) is 3.09. The van der Waals surface area contributed by atoms with Gasteiger partial charge in [0.2, 0.25) is 0 Å². The molecule has 0 aromatic rings. The molecule has 1 fully saturated rings. The normalized spacial score (nSPS) is 22.5. The maximum atomic E-state index is 5.30. The van der Waals surface area contributed by atoms with Gasteiger partial charge in [-0.1, -0.05) is 0 Å². The summed E-state index contributed by atoms with van der Waals surface area (Å²) in [5.41, 5.74) is 0. The van der Waals surface area contributed by atoms with E-state index in [-0.39, 0.29) is 0 Å². The summed E-state index contributed by atoms with van der Waals surface area (Å²) in [7, 11) is 2.01. The fraction of sp³-hybridized carbons (Fsp3) is 1.00. The smallest absolute Gasteiger partial charge is 0.0594 e. The molecule has 1 N–H and O–H groups in total. The molecule has 1 heterocycles. The van der Waals surface area contributed by atoms with E-state index in [0.717, 1.165) is 32.8 Å². The van der Waals surface area contributed by atoms with Crippen LogP contribution in [0.25, 0.3) is 0 Å². The molecule has 0 bridgehead atoms. The molecule has 72 valence electrons. The Morgan fingerprint density at radius 3 is 2.67 bits per heavy atom. The Bertz CT molecular complexity index is 113. The number of hydrogen-bond acceptors (Lipinski definition) is 3. The topological polar surface area (TPSA) is 24.5 Å². The van der Waals surface area contributed by atoms with Gasteiger partial charge in [-0.2, -0.15) is 0 Å². The summed E-state index contributed by atoms with van der Waals surface area (Å²) < 4.78 is 5.30. The molecule has 0 aromatic heterocycles. The van der Waals surface area contributed by atoms with Gasteiger partial charge in [-0.25, -0.2) is 0 Å². The number of nitrogens with one attached hydrogen (secondary N) is 1. The molecule has 1 saturated heterocycles. The Hall–Kier alpha value is -0.120. The van der Waals surface area contributed by atoms with Crippen LogP contribution in [0.1, 0.15) is 13.3 Å². The molecule has 1 atom stereocenters. The molecule has 1 aliphatic heterocycles. The summed E-state index contributed by atoms with van der Waals surface area (Å²) >= 11 is 0. The van der Waals surface area contributed by atoms with Crippen LogP contribution in [0.2, 0.25) is 0 Å². The van der Waals surface area contributed by atoms with Crippen molar-refractivity contribution in [2.75, 3.05) is 39.9 Å². The Morgan fingerprint density at radius 2 is 2.08 bits per heavy atom. The summed E-state index contributed by atoms with van der Waals surface area (Å²) in [6.45, 7) is 7.42. The molecule has 0 amide bonds. The van der Waals surface area contributed by atoms with Crippen molar-refractivity contribution in [3.8, 4) is 0 Å². The summed E-state index contributed by atoms with van der Waals surface area (Å²) in [5, 5.41) is 3.18. The highest BCUT2D eigenvalue weighted by Crippen LogP contribution is 2.05. The van der Waals surface area contributed by atoms with Gasteiger partial charge in [-0.3, -0.25) is 4.90 Å². The molecule has 12 heavy (non-hydrogen) atoms. The molecular formula is C9H20N2O. The second-order valence-electron chi connectivity index (χ2n) is 3.39. The summed E-state index contributed by atoms with van der Waals surface area (Å²) in [5.74, 6) is 0. The lowest BCUT2D eigenvalue weighted by molar-refractivity contribution is 0.0188. The highest BCUT2D eigenvalue weighted by atomic mass is 16.5. The number of ether oxygens (including phenoxy) is 1. The van der Waals surface area contributed by atoms with E-state index in [1.807, 2.05) is 7.05 Å². The minimum absolute atomic E-state index is 0.696. The van der Waals surface area contributed by atoms with E-state index in [9.17, 15) is 0 Å². The van der Waals surface area contributed by atoms with Gasteiger partial charge in [0.25, 0.3) is 0 Å². The third-order valence-electron chi connectivity index (χ3n) is 2.48. The number of morpholine rings is 1. The zero-order chi connectivity index (χ0) is 8.81. The predicted octanol–water partition coefficient (Wildman–Crippen LogP) is 0.317. The molecule has 0 aliphatic carbocycles. The zero-order valence-corrected chi connectivity index (χ0v) is 8.18. The first kappa shape index (κ1) is 9.96. The lowest BCUT2D eigenvalue weighted by Crippen LogP contribution is -2.43. The van der Waals surface area contributed by atoms with Crippen LogP contribution in [-0.4, -0.2) is 50.8 Å². The number of hydrogen-bond donors (Lipinski definition) is 1. The van der Waals surface area contributed by atoms with Crippen molar-refractivity contribution in [1.29, 1.82) is 0 Å². The minimum Gasteiger partial charge on any atom is -0.379 e. The van der Waals surface area contributed by atoms with Gasteiger partial charge in [0.05, 0.1) is 13.2 Å². The van der Waals surface area contributed by atoms with Crippen molar-refractivity contribution in [3.05, 3.63) is 0 Å². The second-order valence-corrected chi connectivity index (χ2v) is 3.39. The average molecular weight is 172 g/mol. The first-order chi connectivity index (χ1) is 5.84. The van der Waals surface area contributed by atoms with Gasteiger partial charge in [0.15, 0.2) is 0 Å². The van der Waals surface area contributed by atoms with Gasteiger partial charge in [0.1, 0.15) is 0 Å². The van der Waals surface area contributed by atoms with Crippen LogP contribution in [0.5, 0.6) is 0 Å². The molecule has 1 unspecified atom stereocenters. The quantitative estimate of drug-likeness (QED) is 0.661. The van der Waals surface area contributed by atoms with Crippen molar-refractivity contribution >= 4 is 0 Å². The lowest BCUT2D eigenvalue weighted by Gasteiger charge is -2.32. The van der Waals surface area contributed by atoms with Crippen LogP contribution >= 0.6 is 0 Å². The standard InChI is InChI=1S/C9H20N2O/c1-9(3-4-10-2)11-5-7-12-8-6-11/h9-10H,3-8H2,1-2H3. The third-order valence-corrected chi connectivity index (χ3v) is 2.48. The van der Waals surface area contributed by atoms with Crippen LogP contribution in [0.3, 0.4) is 0 Å².